The van der Waals surface area contributed by atoms with Crippen LogP contribution in [0, 0.1) is 0 Å². The molecule has 4 rings (SSSR count). The highest BCUT2D eigenvalue weighted by Crippen LogP contribution is 2.49. The second-order valence-corrected chi connectivity index (χ2v) is 8.97. The van der Waals surface area contributed by atoms with Gasteiger partial charge in [0.1, 0.15) is 0 Å². The normalized spacial score (nSPS) is 13.0. The predicted molar refractivity (Wildman–Crippen MR) is 105 cm³/mol. The molecule has 5 nitrogen and oxygen atoms in total. The summed E-state index contributed by atoms with van der Waals surface area (Å²) in [5.41, 5.74) is 1.87. The van der Waals surface area contributed by atoms with Crippen LogP contribution < -0.4 is 4.31 Å². The SMILES string of the molecule is O=C(O)c1ccc2c(c1)Sc1ccccc1N2S(=O)(=O)Cc1ccccc1. The number of rotatable bonds is 4. The van der Waals surface area contributed by atoms with Gasteiger partial charge in [-0.3, -0.25) is 0 Å². The maximum absolute atomic E-state index is 13.3. The van der Waals surface area contributed by atoms with Crippen molar-refractivity contribution in [3.63, 3.8) is 0 Å². The zero-order valence-electron chi connectivity index (χ0n) is 14.1. The molecule has 1 heterocycles. The number of para-hydroxylation sites is 1. The quantitative estimate of drug-likeness (QED) is 0.701. The lowest BCUT2D eigenvalue weighted by atomic mass is 10.2. The van der Waals surface area contributed by atoms with E-state index in [-0.39, 0.29) is 11.3 Å². The third-order valence-corrected chi connectivity index (χ3v) is 6.96. The van der Waals surface area contributed by atoms with Gasteiger partial charge in [0, 0.05) is 9.79 Å². The standard InChI is InChI=1S/C20H15NO4S2/c22-20(23)15-10-11-17-19(12-15)26-18-9-5-4-8-16(18)21(17)27(24,25)13-14-6-2-1-3-7-14/h1-12H,13H2,(H,22,23). The molecule has 0 fully saturated rings. The molecule has 3 aromatic carbocycles. The maximum Gasteiger partial charge on any atom is 0.335 e. The first-order chi connectivity index (χ1) is 13.0. The topological polar surface area (TPSA) is 74.7 Å². The molecule has 27 heavy (non-hydrogen) atoms. The Morgan fingerprint density at radius 3 is 2.30 bits per heavy atom. The Balaban J connectivity index is 1.86. The molecule has 0 saturated carbocycles. The van der Waals surface area contributed by atoms with Crippen LogP contribution in [-0.2, 0) is 15.8 Å². The first-order valence-electron chi connectivity index (χ1n) is 8.17. The van der Waals surface area contributed by atoms with Crippen molar-refractivity contribution in [2.45, 2.75) is 15.5 Å². The van der Waals surface area contributed by atoms with Crippen LogP contribution in [0.1, 0.15) is 15.9 Å². The molecular weight excluding hydrogens is 382 g/mol. The molecule has 0 atom stereocenters. The van der Waals surface area contributed by atoms with Crippen molar-refractivity contribution in [3.05, 3.63) is 83.9 Å². The van der Waals surface area contributed by atoms with Crippen LogP contribution in [0.15, 0.2) is 82.6 Å². The average Bonchev–Trinajstić information content (AvgIpc) is 2.65. The molecule has 1 N–H and O–H groups in total. The number of anilines is 2. The molecule has 0 amide bonds. The summed E-state index contributed by atoms with van der Waals surface area (Å²) in [6, 6.07) is 20.7. The Kier molecular flexibility index (Phi) is 4.41. The fourth-order valence-corrected chi connectivity index (χ4v) is 5.88. The Bertz CT molecular complexity index is 1130. The Hall–Kier alpha value is -2.77. The van der Waals surface area contributed by atoms with Crippen molar-refractivity contribution in [2.75, 3.05) is 4.31 Å². The molecule has 0 unspecified atom stereocenters. The minimum Gasteiger partial charge on any atom is -0.478 e. The smallest absolute Gasteiger partial charge is 0.335 e. The van der Waals surface area contributed by atoms with Gasteiger partial charge in [-0.2, -0.15) is 0 Å². The van der Waals surface area contributed by atoms with Gasteiger partial charge in [-0.1, -0.05) is 54.2 Å². The highest BCUT2D eigenvalue weighted by molar-refractivity contribution is 8.00. The van der Waals surface area contributed by atoms with Crippen LogP contribution in [0.2, 0.25) is 0 Å². The summed E-state index contributed by atoms with van der Waals surface area (Å²) in [5, 5.41) is 9.26. The number of sulfonamides is 1. The summed E-state index contributed by atoms with van der Waals surface area (Å²) < 4.78 is 27.9. The summed E-state index contributed by atoms with van der Waals surface area (Å²) >= 11 is 1.37. The van der Waals surface area contributed by atoms with Crippen LogP contribution in [0.25, 0.3) is 0 Å². The minimum atomic E-state index is -3.72. The van der Waals surface area contributed by atoms with Gasteiger partial charge in [-0.05, 0) is 35.9 Å². The van der Waals surface area contributed by atoms with E-state index in [2.05, 4.69) is 0 Å². The van der Waals surface area contributed by atoms with E-state index in [0.29, 0.717) is 21.8 Å². The van der Waals surface area contributed by atoms with Crippen molar-refractivity contribution in [3.8, 4) is 0 Å². The zero-order valence-corrected chi connectivity index (χ0v) is 15.7. The van der Waals surface area contributed by atoms with Gasteiger partial charge in [-0.15, -0.1) is 0 Å². The van der Waals surface area contributed by atoms with Crippen molar-refractivity contribution in [1.29, 1.82) is 0 Å². The van der Waals surface area contributed by atoms with Gasteiger partial charge in [0.05, 0.1) is 22.7 Å². The van der Waals surface area contributed by atoms with E-state index in [4.69, 9.17) is 0 Å². The van der Waals surface area contributed by atoms with Gasteiger partial charge < -0.3 is 5.11 Å². The molecule has 0 spiro atoms. The minimum absolute atomic E-state index is 0.126. The van der Waals surface area contributed by atoms with Crippen molar-refractivity contribution >= 4 is 39.1 Å². The van der Waals surface area contributed by atoms with E-state index in [1.807, 2.05) is 18.2 Å². The Morgan fingerprint density at radius 2 is 1.56 bits per heavy atom. The van der Waals surface area contributed by atoms with Gasteiger partial charge in [0.2, 0.25) is 10.0 Å². The number of carboxylic acid groups (broad SMARTS) is 1. The van der Waals surface area contributed by atoms with E-state index < -0.39 is 16.0 Å². The van der Waals surface area contributed by atoms with Crippen molar-refractivity contribution < 1.29 is 18.3 Å². The molecule has 0 saturated heterocycles. The Labute approximate surface area is 161 Å². The van der Waals surface area contributed by atoms with E-state index in [1.165, 1.54) is 28.2 Å². The number of aromatic carboxylic acids is 1. The van der Waals surface area contributed by atoms with Crippen LogP contribution in [0.4, 0.5) is 11.4 Å². The number of carboxylic acids is 1. The Morgan fingerprint density at radius 1 is 0.889 bits per heavy atom. The second-order valence-electron chi connectivity index (χ2n) is 6.06. The van der Waals surface area contributed by atoms with Crippen LogP contribution in [0.5, 0.6) is 0 Å². The second kappa shape index (κ2) is 6.75. The molecule has 1 aliphatic rings. The molecule has 0 bridgehead atoms. The highest BCUT2D eigenvalue weighted by atomic mass is 32.2. The van der Waals surface area contributed by atoms with Crippen LogP contribution in [0.3, 0.4) is 0 Å². The molecule has 0 aliphatic carbocycles. The predicted octanol–water partition coefficient (Wildman–Crippen LogP) is 4.52. The van der Waals surface area contributed by atoms with E-state index in [1.54, 1.807) is 42.5 Å². The van der Waals surface area contributed by atoms with Gasteiger partial charge in [0.25, 0.3) is 0 Å². The summed E-state index contributed by atoms with van der Waals surface area (Å²) in [7, 11) is -3.72. The molecule has 1 aliphatic heterocycles. The number of benzene rings is 3. The summed E-state index contributed by atoms with van der Waals surface area (Å²) in [6.07, 6.45) is 0. The highest BCUT2D eigenvalue weighted by Gasteiger charge is 2.32. The number of fused-ring (bicyclic) bond motifs is 2. The van der Waals surface area contributed by atoms with E-state index in [9.17, 15) is 18.3 Å². The van der Waals surface area contributed by atoms with Gasteiger partial charge in [-0.25, -0.2) is 17.5 Å². The molecular formula is C20H15NO4S2. The average molecular weight is 397 g/mol. The van der Waals surface area contributed by atoms with Gasteiger partial charge >= 0.3 is 5.97 Å². The lowest BCUT2D eigenvalue weighted by molar-refractivity contribution is 0.0696. The lowest BCUT2D eigenvalue weighted by Crippen LogP contribution is -2.30. The molecule has 3 aromatic rings. The number of hydrogen-bond acceptors (Lipinski definition) is 4. The third kappa shape index (κ3) is 3.31. The van der Waals surface area contributed by atoms with Crippen molar-refractivity contribution in [2.24, 2.45) is 0 Å². The number of carbonyl (C=O) groups is 1. The molecule has 0 radical (unpaired) electrons. The third-order valence-electron chi connectivity index (χ3n) is 4.20. The van der Waals surface area contributed by atoms with Crippen LogP contribution in [-0.4, -0.2) is 19.5 Å². The fraction of sp³-hybridized carbons (Fsp3) is 0.0500. The number of hydrogen-bond donors (Lipinski definition) is 1. The summed E-state index contributed by atoms with van der Waals surface area (Å²) in [4.78, 5) is 12.7. The summed E-state index contributed by atoms with van der Waals surface area (Å²) in [6.45, 7) is 0. The first kappa shape index (κ1) is 17.6. The molecule has 136 valence electrons. The zero-order chi connectivity index (χ0) is 19.0. The number of nitrogens with zero attached hydrogens (tertiary/aromatic N) is 1. The maximum atomic E-state index is 13.3. The van der Waals surface area contributed by atoms with Crippen LogP contribution >= 0.6 is 11.8 Å². The lowest BCUT2D eigenvalue weighted by Gasteiger charge is -2.32. The van der Waals surface area contributed by atoms with E-state index in [0.717, 1.165) is 4.90 Å². The van der Waals surface area contributed by atoms with E-state index >= 15 is 0 Å². The molecule has 0 aromatic heterocycles. The first-order valence-corrected chi connectivity index (χ1v) is 10.6. The largest absolute Gasteiger partial charge is 0.478 e. The monoisotopic (exact) mass is 397 g/mol. The van der Waals surface area contributed by atoms with Crippen molar-refractivity contribution in [1.82, 2.24) is 0 Å². The fourth-order valence-electron chi connectivity index (χ4n) is 3.01. The molecule has 7 heteroatoms. The summed E-state index contributed by atoms with van der Waals surface area (Å²) in [5.74, 6) is -1.19. The van der Waals surface area contributed by atoms with Gasteiger partial charge in [0.15, 0.2) is 0 Å².